The van der Waals surface area contributed by atoms with Crippen molar-refractivity contribution < 1.29 is 24.2 Å². The highest BCUT2D eigenvalue weighted by Gasteiger charge is 2.43. The fourth-order valence-corrected chi connectivity index (χ4v) is 7.25. The van der Waals surface area contributed by atoms with Gasteiger partial charge in [0, 0.05) is 67.5 Å². The van der Waals surface area contributed by atoms with Gasteiger partial charge in [0.1, 0.15) is 0 Å². The summed E-state index contributed by atoms with van der Waals surface area (Å²) in [6.45, 7) is 5.85. The summed E-state index contributed by atoms with van der Waals surface area (Å²) in [5, 5.41) is 19.7. The van der Waals surface area contributed by atoms with Gasteiger partial charge in [-0.1, -0.05) is 67.1 Å². The average molecular weight is 662 g/mol. The molecule has 9 heteroatoms. The molecule has 2 atom stereocenters. The second kappa shape index (κ2) is 16.6. The number of benzene rings is 3. The number of methoxy groups -OCH3 is 1. The van der Waals surface area contributed by atoms with Crippen molar-refractivity contribution in [3.63, 3.8) is 0 Å². The summed E-state index contributed by atoms with van der Waals surface area (Å²) in [7, 11) is 1.33. The Hall–Kier alpha value is -3.43. The minimum Gasteiger partial charge on any atom is -0.453 e. The van der Waals surface area contributed by atoms with Crippen molar-refractivity contribution in [3.8, 4) is 11.1 Å². The van der Waals surface area contributed by atoms with E-state index in [1.807, 2.05) is 59.5 Å². The third-order valence-electron chi connectivity index (χ3n) is 9.69. The Morgan fingerprint density at radius 1 is 1.04 bits per heavy atom. The van der Waals surface area contributed by atoms with Gasteiger partial charge in [0.15, 0.2) is 0 Å². The Morgan fingerprint density at radius 2 is 1.81 bits per heavy atom. The maximum Gasteiger partial charge on any atom is 0.406 e. The largest absolute Gasteiger partial charge is 0.453 e. The van der Waals surface area contributed by atoms with E-state index in [4.69, 9.17) is 21.1 Å². The lowest BCUT2D eigenvalue weighted by Crippen LogP contribution is -2.48. The molecule has 0 aromatic heterocycles. The molecular formula is C38H48ClN3O5. The molecule has 0 saturated carbocycles. The summed E-state index contributed by atoms with van der Waals surface area (Å²) in [5.41, 5.74) is 4.16. The van der Waals surface area contributed by atoms with Crippen LogP contribution in [0.15, 0.2) is 66.7 Å². The summed E-state index contributed by atoms with van der Waals surface area (Å²) < 4.78 is 10.2. The number of amides is 2. The molecule has 2 heterocycles. The number of nitrogens with zero attached hydrogens (tertiary/aromatic N) is 1. The van der Waals surface area contributed by atoms with Crippen molar-refractivity contribution in [2.45, 2.75) is 70.1 Å². The number of likely N-dealkylation sites (tertiary alicyclic amines) is 1. The van der Waals surface area contributed by atoms with Crippen LogP contribution in [0.2, 0.25) is 5.02 Å². The summed E-state index contributed by atoms with van der Waals surface area (Å²) in [6.07, 6.45) is 4.82. The minimum absolute atomic E-state index is 0.0321. The summed E-state index contributed by atoms with van der Waals surface area (Å²) >= 11 is 6.91. The molecule has 3 aromatic rings. The molecule has 0 spiro atoms. The van der Waals surface area contributed by atoms with Crippen molar-refractivity contribution in [2.24, 2.45) is 5.92 Å². The van der Waals surface area contributed by atoms with Crippen LogP contribution >= 0.6 is 11.6 Å². The molecule has 47 heavy (non-hydrogen) atoms. The second-order valence-corrected chi connectivity index (χ2v) is 13.1. The molecule has 2 aliphatic rings. The van der Waals surface area contributed by atoms with Crippen LogP contribution in [0.25, 0.3) is 11.1 Å². The first-order valence-corrected chi connectivity index (χ1v) is 17.3. The van der Waals surface area contributed by atoms with Crippen LogP contribution in [0, 0.1) is 5.92 Å². The molecule has 2 unspecified atom stereocenters. The van der Waals surface area contributed by atoms with E-state index in [-0.39, 0.29) is 11.8 Å². The van der Waals surface area contributed by atoms with Gasteiger partial charge in [-0.25, -0.2) is 4.79 Å². The fraction of sp³-hybridized carbons (Fsp3) is 0.474. The molecule has 3 N–H and O–H groups in total. The van der Waals surface area contributed by atoms with Gasteiger partial charge in [0.05, 0.1) is 12.7 Å². The van der Waals surface area contributed by atoms with Gasteiger partial charge in [-0.2, -0.15) is 0 Å². The Kier molecular flexibility index (Phi) is 12.3. The topological polar surface area (TPSA) is 100 Å². The smallest absolute Gasteiger partial charge is 0.406 e. The number of ether oxygens (including phenoxy) is 2. The van der Waals surface area contributed by atoms with Gasteiger partial charge in [-0.05, 0) is 85.4 Å². The summed E-state index contributed by atoms with van der Waals surface area (Å²) in [6, 6.07) is 22.3. The highest BCUT2D eigenvalue weighted by Crippen LogP contribution is 2.45. The first kappa shape index (κ1) is 34.9. The molecule has 252 valence electrons. The van der Waals surface area contributed by atoms with Crippen LogP contribution in [0.3, 0.4) is 0 Å². The standard InChI is InChI=1S/C38H48ClN3O5/c1-3-27-8-4-9-30(24-27)35-33(11-5-12-34(35)39)38(45,19-7-20-40-37(44)46-2)31-10-6-21-42(26-31)36(43)29-15-13-28(14-16-29)25-41-32-17-22-47-23-18-32/h4-5,8-9,11-16,24,31-32,41,45H,3,6-7,10,17-23,25-26H2,1-2H3,(H,40,44). The molecule has 2 fully saturated rings. The van der Waals surface area contributed by atoms with E-state index in [1.54, 1.807) is 0 Å². The van der Waals surface area contributed by atoms with Crippen molar-refractivity contribution in [1.29, 1.82) is 0 Å². The third-order valence-corrected chi connectivity index (χ3v) is 10.0. The quantitative estimate of drug-likeness (QED) is 0.187. The van der Waals surface area contributed by atoms with E-state index in [0.29, 0.717) is 49.1 Å². The van der Waals surface area contributed by atoms with Gasteiger partial charge in [0.25, 0.3) is 5.91 Å². The predicted molar refractivity (Wildman–Crippen MR) is 186 cm³/mol. The van der Waals surface area contributed by atoms with E-state index in [2.05, 4.69) is 29.7 Å². The number of rotatable bonds is 12. The van der Waals surface area contributed by atoms with Gasteiger partial charge < -0.3 is 30.1 Å². The van der Waals surface area contributed by atoms with Crippen molar-refractivity contribution in [2.75, 3.05) is 40.0 Å². The zero-order valence-electron chi connectivity index (χ0n) is 27.6. The maximum absolute atomic E-state index is 13.8. The number of aliphatic hydroxyl groups is 1. The molecule has 5 rings (SSSR count). The lowest BCUT2D eigenvalue weighted by atomic mass is 9.72. The molecule has 0 radical (unpaired) electrons. The Balaban J connectivity index is 1.38. The van der Waals surface area contributed by atoms with E-state index >= 15 is 0 Å². The van der Waals surface area contributed by atoms with Crippen LogP contribution in [0.1, 0.15) is 72.5 Å². The Morgan fingerprint density at radius 3 is 2.55 bits per heavy atom. The zero-order chi connectivity index (χ0) is 33.2. The second-order valence-electron chi connectivity index (χ2n) is 12.7. The number of carbonyl (C=O) groups excluding carboxylic acids is 2. The lowest BCUT2D eigenvalue weighted by Gasteiger charge is -2.44. The fourth-order valence-electron chi connectivity index (χ4n) is 6.97. The molecule has 2 saturated heterocycles. The van der Waals surface area contributed by atoms with Crippen LogP contribution < -0.4 is 10.6 Å². The van der Waals surface area contributed by atoms with Gasteiger partial charge in [-0.3, -0.25) is 4.79 Å². The Labute approximate surface area is 283 Å². The lowest BCUT2D eigenvalue weighted by molar-refractivity contribution is -0.0563. The normalized spacial score (nSPS) is 18.4. The number of piperidine rings is 1. The number of halogens is 1. The van der Waals surface area contributed by atoms with Crippen molar-refractivity contribution >= 4 is 23.6 Å². The average Bonchev–Trinajstić information content (AvgIpc) is 3.12. The number of nitrogens with one attached hydrogen (secondary N) is 2. The Bertz CT molecular complexity index is 1490. The molecule has 2 amide bonds. The SMILES string of the molecule is CCc1cccc(-c2c(Cl)cccc2C(O)(CCCNC(=O)OC)C2CCCN(C(=O)c3ccc(CNC4CCOCC4)cc3)C2)c1. The number of aryl methyl sites for hydroxylation is 1. The van der Waals surface area contributed by atoms with Crippen molar-refractivity contribution in [3.05, 3.63) is 94.0 Å². The number of hydrogen-bond donors (Lipinski definition) is 3. The first-order valence-electron chi connectivity index (χ1n) is 16.9. The molecule has 3 aromatic carbocycles. The van der Waals surface area contributed by atoms with Gasteiger partial charge in [0.2, 0.25) is 0 Å². The highest BCUT2D eigenvalue weighted by molar-refractivity contribution is 6.33. The molecule has 2 aliphatic heterocycles. The third kappa shape index (κ3) is 8.73. The van der Waals surface area contributed by atoms with Crippen LogP contribution in [0.4, 0.5) is 4.79 Å². The number of alkyl carbamates (subject to hydrolysis) is 1. The molecular weight excluding hydrogens is 614 g/mol. The van der Waals surface area contributed by atoms with Crippen LogP contribution in [0.5, 0.6) is 0 Å². The van der Waals surface area contributed by atoms with Crippen LogP contribution in [-0.2, 0) is 28.0 Å². The van der Waals surface area contributed by atoms with Crippen molar-refractivity contribution in [1.82, 2.24) is 15.5 Å². The van der Waals surface area contributed by atoms with E-state index in [1.165, 1.54) is 12.7 Å². The van der Waals surface area contributed by atoms with E-state index in [0.717, 1.165) is 74.1 Å². The molecule has 0 aliphatic carbocycles. The predicted octanol–water partition coefficient (Wildman–Crippen LogP) is 6.71. The first-order chi connectivity index (χ1) is 22.8. The minimum atomic E-state index is -1.31. The summed E-state index contributed by atoms with van der Waals surface area (Å²) in [4.78, 5) is 27.5. The number of hydrogen-bond acceptors (Lipinski definition) is 6. The number of carbonyl (C=O) groups is 2. The van der Waals surface area contributed by atoms with Gasteiger partial charge in [-0.15, -0.1) is 0 Å². The zero-order valence-corrected chi connectivity index (χ0v) is 28.4. The van der Waals surface area contributed by atoms with Crippen LogP contribution in [-0.4, -0.2) is 68.0 Å². The van der Waals surface area contributed by atoms with E-state index < -0.39 is 11.7 Å². The summed E-state index contributed by atoms with van der Waals surface area (Å²) in [5.74, 6) is -0.275. The monoisotopic (exact) mass is 661 g/mol. The van der Waals surface area contributed by atoms with Gasteiger partial charge >= 0.3 is 6.09 Å². The maximum atomic E-state index is 13.8. The van der Waals surface area contributed by atoms with E-state index in [9.17, 15) is 14.7 Å². The molecule has 0 bridgehead atoms. The highest BCUT2D eigenvalue weighted by atomic mass is 35.5. The molecule has 8 nitrogen and oxygen atoms in total.